The Bertz CT molecular complexity index is 534. The number of nitrogens with one attached hydrogen (secondary N) is 1. The van der Waals surface area contributed by atoms with Crippen molar-refractivity contribution in [2.75, 3.05) is 13.2 Å². The molecule has 0 bridgehead atoms. The molecule has 1 aromatic rings. The van der Waals surface area contributed by atoms with Crippen LogP contribution < -0.4 is 10.1 Å². The van der Waals surface area contributed by atoms with Gasteiger partial charge in [0.2, 0.25) is 0 Å². The van der Waals surface area contributed by atoms with Gasteiger partial charge in [0, 0.05) is 11.6 Å². The van der Waals surface area contributed by atoms with Gasteiger partial charge in [0.05, 0.1) is 0 Å². The van der Waals surface area contributed by atoms with E-state index in [0.717, 1.165) is 32.0 Å². The number of hydrogen-bond donors (Lipinski definition) is 1. The lowest BCUT2D eigenvalue weighted by Gasteiger charge is -2.22. The topological polar surface area (TPSA) is 81.7 Å². The predicted molar refractivity (Wildman–Crippen MR) is 83.3 cm³/mol. The van der Waals surface area contributed by atoms with Crippen molar-refractivity contribution in [1.29, 1.82) is 0 Å². The summed E-state index contributed by atoms with van der Waals surface area (Å²) in [6.07, 6.45) is 6.16. The Labute approximate surface area is 135 Å². The summed E-state index contributed by atoms with van der Waals surface area (Å²) in [4.78, 5) is 33.8. The van der Waals surface area contributed by atoms with Crippen LogP contribution in [0.3, 0.4) is 0 Å². The quantitative estimate of drug-likeness (QED) is 0.613. The first-order valence-electron chi connectivity index (χ1n) is 7.80. The van der Waals surface area contributed by atoms with E-state index in [4.69, 9.17) is 9.47 Å². The van der Waals surface area contributed by atoms with Crippen LogP contribution in [0.1, 0.15) is 42.5 Å². The van der Waals surface area contributed by atoms with E-state index < -0.39 is 5.97 Å². The van der Waals surface area contributed by atoms with Gasteiger partial charge in [0.1, 0.15) is 12.0 Å². The molecule has 6 nitrogen and oxygen atoms in total. The third kappa shape index (κ3) is 6.10. The van der Waals surface area contributed by atoms with Crippen molar-refractivity contribution < 1.29 is 23.9 Å². The van der Waals surface area contributed by atoms with Gasteiger partial charge in [0.25, 0.3) is 5.91 Å². The lowest BCUT2D eigenvalue weighted by atomic mass is 9.95. The first kappa shape index (κ1) is 17.0. The molecule has 0 aromatic heterocycles. The molecule has 23 heavy (non-hydrogen) atoms. The second-order valence-electron chi connectivity index (χ2n) is 5.54. The Morgan fingerprint density at radius 2 is 1.78 bits per heavy atom. The van der Waals surface area contributed by atoms with Crippen molar-refractivity contribution in [3.8, 4) is 5.75 Å². The fraction of sp³-hybridized carbons (Fsp3) is 0.471. The van der Waals surface area contributed by atoms with Crippen LogP contribution >= 0.6 is 0 Å². The predicted octanol–water partition coefficient (Wildman–Crippen LogP) is 1.87. The minimum Gasteiger partial charge on any atom is -0.482 e. The molecule has 0 radical (unpaired) electrons. The Balaban J connectivity index is 1.63. The van der Waals surface area contributed by atoms with Crippen LogP contribution in [0, 0.1) is 0 Å². The van der Waals surface area contributed by atoms with Crippen molar-refractivity contribution in [1.82, 2.24) is 5.32 Å². The second kappa shape index (κ2) is 8.92. The zero-order valence-electron chi connectivity index (χ0n) is 13.0. The van der Waals surface area contributed by atoms with E-state index >= 15 is 0 Å². The molecule has 1 saturated carbocycles. The SMILES string of the molecule is O=Cc1ccc(OCC(=O)OCC(=O)NC2CCCCC2)cc1. The molecule has 0 unspecified atom stereocenters. The lowest BCUT2D eigenvalue weighted by molar-refractivity contribution is -0.150. The highest BCUT2D eigenvalue weighted by Gasteiger charge is 2.16. The summed E-state index contributed by atoms with van der Waals surface area (Å²) < 4.78 is 10.1. The summed E-state index contributed by atoms with van der Waals surface area (Å²) in [7, 11) is 0. The third-order valence-corrected chi connectivity index (χ3v) is 3.71. The maximum absolute atomic E-state index is 11.7. The summed E-state index contributed by atoms with van der Waals surface area (Å²) in [5, 5.41) is 2.87. The monoisotopic (exact) mass is 319 g/mol. The minimum atomic E-state index is -0.608. The molecule has 2 rings (SSSR count). The Kier molecular flexibility index (Phi) is 6.59. The van der Waals surface area contributed by atoms with Crippen LogP contribution in [-0.2, 0) is 14.3 Å². The van der Waals surface area contributed by atoms with E-state index in [1.54, 1.807) is 24.3 Å². The normalized spacial score (nSPS) is 14.8. The number of carbonyl (C=O) groups excluding carboxylic acids is 3. The average molecular weight is 319 g/mol. The van der Waals surface area contributed by atoms with Crippen molar-refractivity contribution in [3.05, 3.63) is 29.8 Å². The van der Waals surface area contributed by atoms with E-state index in [-0.39, 0.29) is 25.2 Å². The highest BCUT2D eigenvalue weighted by molar-refractivity contribution is 5.81. The maximum Gasteiger partial charge on any atom is 0.344 e. The summed E-state index contributed by atoms with van der Waals surface area (Å²) in [6.45, 7) is -0.570. The smallest absolute Gasteiger partial charge is 0.344 e. The molecular weight excluding hydrogens is 298 g/mol. The number of aldehydes is 1. The highest BCUT2D eigenvalue weighted by atomic mass is 16.6. The molecule has 0 spiro atoms. The van der Waals surface area contributed by atoms with Gasteiger partial charge < -0.3 is 14.8 Å². The molecule has 0 atom stereocenters. The molecule has 1 aromatic carbocycles. The van der Waals surface area contributed by atoms with Crippen LogP contribution in [0.4, 0.5) is 0 Å². The fourth-order valence-corrected chi connectivity index (χ4v) is 2.49. The second-order valence-corrected chi connectivity index (χ2v) is 5.54. The minimum absolute atomic E-state index is 0.197. The van der Waals surface area contributed by atoms with E-state index in [1.807, 2.05) is 0 Å². The number of esters is 1. The third-order valence-electron chi connectivity index (χ3n) is 3.71. The van der Waals surface area contributed by atoms with Gasteiger partial charge in [-0.05, 0) is 37.1 Å². The van der Waals surface area contributed by atoms with Crippen molar-refractivity contribution in [3.63, 3.8) is 0 Å². The first-order chi connectivity index (χ1) is 11.2. The van der Waals surface area contributed by atoms with Crippen molar-refractivity contribution >= 4 is 18.2 Å². The molecule has 1 aliphatic carbocycles. The van der Waals surface area contributed by atoms with E-state index in [9.17, 15) is 14.4 Å². The Morgan fingerprint density at radius 1 is 1.09 bits per heavy atom. The number of hydrogen-bond acceptors (Lipinski definition) is 5. The number of carbonyl (C=O) groups is 3. The van der Waals surface area contributed by atoms with E-state index in [2.05, 4.69) is 5.32 Å². The lowest BCUT2D eigenvalue weighted by Crippen LogP contribution is -2.39. The molecular formula is C17H21NO5. The van der Waals surface area contributed by atoms with Gasteiger partial charge in [-0.15, -0.1) is 0 Å². The largest absolute Gasteiger partial charge is 0.482 e. The van der Waals surface area contributed by atoms with Gasteiger partial charge in [-0.3, -0.25) is 9.59 Å². The van der Waals surface area contributed by atoms with Gasteiger partial charge in [-0.1, -0.05) is 19.3 Å². The standard InChI is InChI=1S/C17H21NO5/c19-10-13-6-8-15(9-7-13)22-12-17(21)23-11-16(20)18-14-4-2-1-3-5-14/h6-10,14H,1-5,11-12H2,(H,18,20). The van der Waals surface area contributed by atoms with Gasteiger partial charge in [-0.25, -0.2) is 4.79 Å². The van der Waals surface area contributed by atoms with Crippen LogP contribution in [0.25, 0.3) is 0 Å². The van der Waals surface area contributed by atoms with E-state index in [1.165, 1.54) is 6.42 Å². The molecule has 0 saturated heterocycles. The summed E-state index contributed by atoms with van der Waals surface area (Å²) >= 11 is 0. The zero-order valence-corrected chi connectivity index (χ0v) is 13.0. The molecule has 1 N–H and O–H groups in total. The number of benzene rings is 1. The number of amides is 1. The number of rotatable bonds is 7. The summed E-state index contributed by atoms with van der Waals surface area (Å²) in [5.74, 6) is -0.428. The Hall–Kier alpha value is -2.37. The van der Waals surface area contributed by atoms with Crippen LogP contribution in [-0.4, -0.2) is 37.4 Å². The Morgan fingerprint density at radius 3 is 2.43 bits per heavy atom. The molecule has 1 aliphatic rings. The van der Waals surface area contributed by atoms with Crippen LogP contribution in [0.5, 0.6) is 5.75 Å². The molecule has 1 fully saturated rings. The zero-order chi connectivity index (χ0) is 16.5. The first-order valence-corrected chi connectivity index (χ1v) is 7.80. The van der Waals surface area contributed by atoms with Crippen molar-refractivity contribution in [2.24, 2.45) is 0 Å². The van der Waals surface area contributed by atoms with Gasteiger partial charge >= 0.3 is 5.97 Å². The van der Waals surface area contributed by atoms with Gasteiger partial charge in [0.15, 0.2) is 13.2 Å². The fourth-order valence-electron chi connectivity index (χ4n) is 2.49. The van der Waals surface area contributed by atoms with Crippen molar-refractivity contribution in [2.45, 2.75) is 38.1 Å². The maximum atomic E-state index is 11.7. The van der Waals surface area contributed by atoms with Gasteiger partial charge in [-0.2, -0.15) is 0 Å². The van der Waals surface area contributed by atoms with Crippen LogP contribution in [0.15, 0.2) is 24.3 Å². The number of ether oxygens (including phenoxy) is 2. The molecule has 0 aliphatic heterocycles. The van der Waals surface area contributed by atoms with E-state index in [0.29, 0.717) is 11.3 Å². The highest BCUT2D eigenvalue weighted by Crippen LogP contribution is 2.17. The molecule has 6 heteroatoms. The average Bonchev–Trinajstić information content (AvgIpc) is 2.59. The van der Waals surface area contributed by atoms with Crippen LogP contribution in [0.2, 0.25) is 0 Å². The molecule has 1 amide bonds. The molecule has 0 heterocycles. The summed E-state index contributed by atoms with van der Waals surface area (Å²) in [5.41, 5.74) is 0.527. The summed E-state index contributed by atoms with van der Waals surface area (Å²) in [6, 6.07) is 6.55. The molecule has 124 valence electrons.